The number of nitrogens with one attached hydrogen (secondary N) is 1. The molecule has 3 N–H and O–H groups in total. The Morgan fingerprint density at radius 1 is 1.25 bits per heavy atom. The molecule has 0 atom stereocenters. The Kier molecular flexibility index (Phi) is 5.03. The van der Waals surface area contributed by atoms with Crippen molar-refractivity contribution in [2.45, 2.75) is 9.79 Å². The van der Waals surface area contributed by atoms with Gasteiger partial charge in [0.2, 0.25) is 5.91 Å². The number of benzene rings is 1. The number of nitrogens with zero attached hydrogens (tertiary/aromatic N) is 1. The summed E-state index contributed by atoms with van der Waals surface area (Å²) in [5.74, 6) is -0.385. The van der Waals surface area contributed by atoms with Crippen LogP contribution in [0, 0.1) is 0 Å². The van der Waals surface area contributed by atoms with Crippen LogP contribution in [-0.4, -0.2) is 30.0 Å². The van der Waals surface area contributed by atoms with E-state index < -0.39 is 0 Å². The van der Waals surface area contributed by atoms with E-state index in [1.807, 2.05) is 17.3 Å². The van der Waals surface area contributed by atoms with Crippen LogP contribution >= 0.6 is 23.5 Å². The van der Waals surface area contributed by atoms with E-state index in [4.69, 9.17) is 5.73 Å². The van der Waals surface area contributed by atoms with Gasteiger partial charge in [-0.3, -0.25) is 15.2 Å². The molecular weight excluding hydrogens is 290 g/mol. The first-order valence-electron chi connectivity index (χ1n) is 6.06. The van der Waals surface area contributed by atoms with Crippen LogP contribution in [0.15, 0.2) is 51.9 Å². The van der Waals surface area contributed by atoms with Crippen LogP contribution in [0.3, 0.4) is 0 Å². The molecule has 20 heavy (non-hydrogen) atoms. The van der Waals surface area contributed by atoms with Gasteiger partial charge in [-0.1, -0.05) is 6.08 Å². The van der Waals surface area contributed by atoms with E-state index in [1.165, 1.54) is 9.79 Å². The van der Waals surface area contributed by atoms with Gasteiger partial charge in [-0.05, 0) is 36.8 Å². The summed E-state index contributed by atoms with van der Waals surface area (Å²) in [5, 5.41) is 1.85. The lowest BCUT2D eigenvalue weighted by atomic mass is 10.2. The van der Waals surface area contributed by atoms with Crippen molar-refractivity contribution < 1.29 is 4.79 Å². The second-order valence-corrected chi connectivity index (χ2v) is 6.00. The summed E-state index contributed by atoms with van der Waals surface area (Å²) >= 11 is 3.41. The van der Waals surface area contributed by atoms with Crippen molar-refractivity contribution in [3.63, 3.8) is 0 Å². The number of rotatable bonds is 5. The van der Waals surface area contributed by atoms with Crippen LogP contribution in [-0.2, 0) is 4.79 Å². The van der Waals surface area contributed by atoms with Crippen molar-refractivity contribution in [3.05, 3.63) is 42.1 Å². The summed E-state index contributed by atoms with van der Waals surface area (Å²) in [6.07, 6.45) is 9.55. The maximum Gasteiger partial charge on any atom is 0.246 e. The highest BCUT2D eigenvalue weighted by atomic mass is 32.2. The molecule has 4 nitrogen and oxygen atoms in total. The Balaban J connectivity index is 2.13. The van der Waals surface area contributed by atoms with Gasteiger partial charge in [-0.2, -0.15) is 0 Å². The zero-order chi connectivity index (χ0) is 14.5. The Morgan fingerprint density at radius 3 is 2.45 bits per heavy atom. The molecule has 1 heterocycles. The van der Waals surface area contributed by atoms with Crippen LogP contribution in [0.4, 0.5) is 5.69 Å². The molecule has 1 amide bonds. The van der Waals surface area contributed by atoms with Crippen molar-refractivity contribution in [1.82, 2.24) is 5.01 Å². The van der Waals surface area contributed by atoms with Crippen molar-refractivity contribution >= 4 is 35.1 Å². The SMILES string of the molecule is CSc1cc(NN2C=CC=C(C(N)=O)C2)cc(SC)c1. The molecular formula is C14H17N3OS2. The number of carbonyl (C=O) groups is 1. The average Bonchev–Trinajstić information content (AvgIpc) is 2.47. The van der Waals surface area contributed by atoms with E-state index >= 15 is 0 Å². The largest absolute Gasteiger partial charge is 0.366 e. The van der Waals surface area contributed by atoms with Crippen molar-refractivity contribution in [2.24, 2.45) is 5.73 Å². The molecule has 1 aliphatic rings. The van der Waals surface area contributed by atoms with Crippen molar-refractivity contribution in [3.8, 4) is 0 Å². The van der Waals surface area contributed by atoms with E-state index in [-0.39, 0.29) is 5.91 Å². The van der Waals surface area contributed by atoms with E-state index in [0.717, 1.165) is 5.69 Å². The van der Waals surface area contributed by atoms with Crippen molar-refractivity contribution in [1.29, 1.82) is 0 Å². The van der Waals surface area contributed by atoms with Gasteiger partial charge >= 0.3 is 0 Å². The molecule has 6 heteroatoms. The van der Waals surface area contributed by atoms with E-state index in [1.54, 1.807) is 29.6 Å². The molecule has 0 bridgehead atoms. The molecule has 2 rings (SSSR count). The molecule has 0 aromatic heterocycles. The fraction of sp³-hybridized carbons (Fsp3) is 0.214. The fourth-order valence-electron chi connectivity index (χ4n) is 1.83. The molecule has 0 spiro atoms. The highest BCUT2D eigenvalue weighted by Crippen LogP contribution is 2.27. The quantitative estimate of drug-likeness (QED) is 0.819. The number of carbonyl (C=O) groups excluding carboxylic acids is 1. The number of hydrogen-bond donors (Lipinski definition) is 2. The molecule has 1 aromatic rings. The van der Waals surface area contributed by atoms with Gasteiger partial charge < -0.3 is 5.73 Å². The van der Waals surface area contributed by atoms with Gasteiger partial charge in [0.05, 0.1) is 12.2 Å². The van der Waals surface area contributed by atoms with Crippen LogP contribution < -0.4 is 11.2 Å². The molecule has 0 aliphatic carbocycles. The smallest absolute Gasteiger partial charge is 0.246 e. The molecule has 0 radical (unpaired) electrons. The molecule has 0 saturated carbocycles. The summed E-state index contributed by atoms with van der Waals surface area (Å²) in [4.78, 5) is 13.6. The third-order valence-electron chi connectivity index (χ3n) is 2.84. The van der Waals surface area contributed by atoms with Crippen LogP contribution in [0.1, 0.15) is 0 Å². The lowest BCUT2D eigenvalue weighted by molar-refractivity contribution is -0.114. The predicted molar refractivity (Wildman–Crippen MR) is 86.8 cm³/mol. The first-order chi connectivity index (χ1) is 9.62. The molecule has 0 unspecified atom stereocenters. The Bertz CT molecular complexity index is 547. The number of primary amides is 1. The number of hydrogen-bond acceptors (Lipinski definition) is 5. The number of anilines is 1. The third-order valence-corrected chi connectivity index (χ3v) is 4.26. The fourth-order valence-corrected chi connectivity index (χ4v) is 2.88. The zero-order valence-electron chi connectivity index (χ0n) is 11.4. The summed E-state index contributed by atoms with van der Waals surface area (Å²) in [5.41, 5.74) is 10.2. The maximum absolute atomic E-state index is 11.2. The number of amides is 1. The minimum absolute atomic E-state index is 0.385. The summed E-state index contributed by atoms with van der Waals surface area (Å²) < 4.78 is 0. The number of nitrogens with two attached hydrogens (primary N) is 1. The summed E-state index contributed by atoms with van der Waals surface area (Å²) in [6.45, 7) is 0.462. The number of allylic oxidation sites excluding steroid dienone is 2. The van der Waals surface area contributed by atoms with Crippen LogP contribution in [0.25, 0.3) is 0 Å². The number of hydrazine groups is 1. The van der Waals surface area contributed by atoms with Gasteiger partial charge in [0.15, 0.2) is 0 Å². The molecule has 0 fully saturated rings. The number of thioether (sulfide) groups is 2. The average molecular weight is 307 g/mol. The van der Waals surface area contributed by atoms with E-state index in [2.05, 4.69) is 36.1 Å². The highest BCUT2D eigenvalue weighted by Gasteiger charge is 2.12. The second kappa shape index (κ2) is 6.76. The Labute approximate surface area is 127 Å². The molecule has 106 valence electrons. The summed E-state index contributed by atoms with van der Waals surface area (Å²) in [7, 11) is 0. The molecule has 1 aromatic carbocycles. The Hall–Kier alpha value is -1.53. The highest BCUT2D eigenvalue weighted by molar-refractivity contribution is 7.99. The van der Waals surface area contributed by atoms with Crippen LogP contribution in [0.5, 0.6) is 0 Å². The first kappa shape index (κ1) is 14.9. The lowest BCUT2D eigenvalue weighted by Crippen LogP contribution is -2.32. The first-order valence-corrected chi connectivity index (χ1v) is 8.51. The van der Waals surface area contributed by atoms with Gasteiger partial charge in [0.1, 0.15) is 0 Å². The molecule has 0 saturated heterocycles. The van der Waals surface area contributed by atoms with E-state index in [0.29, 0.717) is 12.1 Å². The van der Waals surface area contributed by atoms with E-state index in [9.17, 15) is 4.79 Å². The standard InChI is InChI=1S/C14H17N3OS2/c1-19-12-6-11(7-13(8-12)20-2)16-17-5-3-4-10(9-17)14(15)18/h3-8,16H,9H2,1-2H3,(H2,15,18). The van der Waals surface area contributed by atoms with Gasteiger partial charge in [0, 0.05) is 21.6 Å². The van der Waals surface area contributed by atoms with Crippen molar-refractivity contribution in [2.75, 3.05) is 24.5 Å². The Morgan fingerprint density at radius 2 is 1.90 bits per heavy atom. The summed E-state index contributed by atoms with van der Waals surface area (Å²) in [6, 6.07) is 6.32. The van der Waals surface area contributed by atoms with Gasteiger partial charge in [0.25, 0.3) is 0 Å². The maximum atomic E-state index is 11.2. The second-order valence-electron chi connectivity index (χ2n) is 4.24. The van der Waals surface area contributed by atoms with Gasteiger partial charge in [-0.25, -0.2) is 0 Å². The van der Waals surface area contributed by atoms with Gasteiger partial charge in [-0.15, -0.1) is 23.5 Å². The minimum atomic E-state index is -0.385. The monoisotopic (exact) mass is 307 g/mol. The van der Waals surface area contributed by atoms with Crippen LogP contribution in [0.2, 0.25) is 0 Å². The minimum Gasteiger partial charge on any atom is -0.366 e. The normalized spacial score (nSPS) is 14.1. The predicted octanol–water partition coefficient (Wildman–Crippen LogP) is 2.70. The molecule has 1 aliphatic heterocycles. The lowest BCUT2D eigenvalue weighted by Gasteiger charge is -2.25. The topological polar surface area (TPSA) is 58.4 Å². The zero-order valence-corrected chi connectivity index (χ0v) is 13.1. The third kappa shape index (κ3) is 3.74.